The lowest BCUT2D eigenvalue weighted by Gasteiger charge is -2.36. The number of hydrogen-bond acceptors (Lipinski definition) is 5. The Morgan fingerprint density at radius 1 is 1.24 bits per heavy atom. The van der Waals surface area contributed by atoms with Gasteiger partial charge >= 0.3 is 5.97 Å². The van der Waals surface area contributed by atoms with Crippen molar-refractivity contribution < 1.29 is 19.1 Å². The van der Waals surface area contributed by atoms with Gasteiger partial charge in [0.25, 0.3) is 5.91 Å². The van der Waals surface area contributed by atoms with Crippen LogP contribution in [-0.4, -0.2) is 34.8 Å². The minimum atomic E-state index is -0.942. The van der Waals surface area contributed by atoms with E-state index in [0.717, 1.165) is 24.6 Å². The molecule has 1 aliphatic carbocycles. The molecule has 1 saturated carbocycles. The van der Waals surface area contributed by atoms with Crippen molar-refractivity contribution in [1.29, 1.82) is 0 Å². The van der Waals surface area contributed by atoms with Crippen LogP contribution in [-0.2, 0) is 19.1 Å². The molecule has 1 aromatic rings. The van der Waals surface area contributed by atoms with Crippen LogP contribution in [0.25, 0.3) is 0 Å². The maximum atomic E-state index is 12.4. The Labute approximate surface area is 175 Å². The van der Waals surface area contributed by atoms with Gasteiger partial charge in [0.15, 0.2) is 5.17 Å². The summed E-state index contributed by atoms with van der Waals surface area (Å²) in [6, 6.07) is 8.82. The summed E-state index contributed by atoms with van der Waals surface area (Å²) in [5, 5.41) is 2.79. The van der Waals surface area contributed by atoms with E-state index in [-0.39, 0.29) is 23.0 Å². The molecule has 1 heterocycles. The second-order valence-corrected chi connectivity index (χ2v) is 9.20. The largest absolute Gasteiger partial charge is 0.461 e. The first-order valence-electron chi connectivity index (χ1n) is 10.2. The Morgan fingerprint density at radius 3 is 2.62 bits per heavy atom. The molecule has 6 nitrogen and oxygen atoms in total. The number of nitrogens with zero attached hydrogens (tertiary/aromatic N) is 1. The number of amides is 2. The van der Waals surface area contributed by atoms with Gasteiger partial charge in [-0.15, -0.1) is 0 Å². The van der Waals surface area contributed by atoms with E-state index < -0.39 is 17.7 Å². The Hall–Kier alpha value is -2.15. The van der Waals surface area contributed by atoms with Crippen LogP contribution in [0.5, 0.6) is 0 Å². The number of carbonyl (C=O) groups is 3. The first-order valence-corrected chi connectivity index (χ1v) is 11.1. The standard InChI is InChI=1S/C22H28N2O4S/c1-13(2)16-10-9-14(3)11-17(16)28-18(25)12-29-22-23-20(26)19(21(27)24-22)15-7-5-4-6-8-15/h4-8,13-14,16-17,19H,9-12H2,1-3H3,(H,23,24,26,27)/t14-,16+,17+/m1/s1. The maximum Gasteiger partial charge on any atom is 0.316 e. The second kappa shape index (κ2) is 9.57. The van der Waals surface area contributed by atoms with Gasteiger partial charge in [0.1, 0.15) is 12.0 Å². The van der Waals surface area contributed by atoms with E-state index in [1.807, 2.05) is 6.07 Å². The minimum Gasteiger partial charge on any atom is -0.461 e. The normalized spacial score (nSPS) is 27.4. The lowest BCUT2D eigenvalue weighted by atomic mass is 9.75. The molecule has 1 aliphatic heterocycles. The summed E-state index contributed by atoms with van der Waals surface area (Å²) in [5.41, 5.74) is 0.605. The number of thioether (sulfide) groups is 1. The number of hydrogen-bond donors (Lipinski definition) is 1. The molecule has 1 N–H and O–H groups in total. The van der Waals surface area contributed by atoms with Crippen LogP contribution in [0.2, 0.25) is 0 Å². The van der Waals surface area contributed by atoms with E-state index in [9.17, 15) is 14.4 Å². The molecule has 7 heteroatoms. The van der Waals surface area contributed by atoms with E-state index in [1.54, 1.807) is 24.3 Å². The highest BCUT2D eigenvalue weighted by molar-refractivity contribution is 8.14. The minimum absolute atomic E-state index is 0.0120. The van der Waals surface area contributed by atoms with Crippen molar-refractivity contribution in [3.8, 4) is 0 Å². The highest BCUT2D eigenvalue weighted by atomic mass is 32.2. The molecule has 0 aromatic heterocycles. The molecule has 3 rings (SSSR count). The number of rotatable bonds is 5. The summed E-state index contributed by atoms with van der Waals surface area (Å²) in [6.07, 6.45) is 3.05. The van der Waals surface area contributed by atoms with Crippen molar-refractivity contribution in [2.24, 2.45) is 22.7 Å². The predicted molar refractivity (Wildman–Crippen MR) is 113 cm³/mol. The molecule has 1 fully saturated rings. The highest BCUT2D eigenvalue weighted by Crippen LogP contribution is 2.35. The summed E-state index contributed by atoms with van der Waals surface area (Å²) in [6.45, 7) is 6.52. The van der Waals surface area contributed by atoms with Crippen molar-refractivity contribution in [3.63, 3.8) is 0 Å². The van der Waals surface area contributed by atoms with Crippen molar-refractivity contribution in [1.82, 2.24) is 5.32 Å². The monoisotopic (exact) mass is 416 g/mol. The van der Waals surface area contributed by atoms with Crippen LogP contribution in [0.1, 0.15) is 51.5 Å². The molecule has 156 valence electrons. The van der Waals surface area contributed by atoms with Crippen LogP contribution in [0.15, 0.2) is 35.3 Å². The van der Waals surface area contributed by atoms with Crippen molar-refractivity contribution in [3.05, 3.63) is 35.9 Å². The summed E-state index contributed by atoms with van der Waals surface area (Å²) in [5.74, 6) is -0.826. The highest BCUT2D eigenvalue weighted by Gasteiger charge is 2.35. The van der Waals surface area contributed by atoms with Crippen molar-refractivity contribution in [2.75, 3.05) is 5.75 Å². The van der Waals surface area contributed by atoms with Crippen molar-refractivity contribution >= 4 is 34.7 Å². The third-order valence-corrected chi connectivity index (χ3v) is 6.50. The van der Waals surface area contributed by atoms with Crippen LogP contribution < -0.4 is 5.32 Å². The lowest BCUT2D eigenvalue weighted by molar-refractivity contribution is -0.152. The second-order valence-electron chi connectivity index (χ2n) is 8.23. The zero-order chi connectivity index (χ0) is 21.0. The Kier molecular flexibility index (Phi) is 7.11. The number of benzene rings is 1. The number of ether oxygens (including phenoxy) is 1. The average Bonchev–Trinajstić information content (AvgIpc) is 2.66. The molecule has 29 heavy (non-hydrogen) atoms. The Bertz CT molecular complexity index is 793. The number of esters is 1. The number of carbonyl (C=O) groups excluding carboxylic acids is 3. The summed E-state index contributed by atoms with van der Waals surface area (Å²) in [4.78, 5) is 41.1. The fraction of sp³-hybridized carbons (Fsp3) is 0.545. The SMILES string of the molecule is CC(C)[C@@H]1CC[C@@H](C)C[C@@H]1OC(=O)CSC1=NC(=O)[C@@H](c2ccccc2)C(=O)N1. The molecule has 0 radical (unpaired) electrons. The van der Waals surface area contributed by atoms with E-state index in [1.165, 1.54) is 6.42 Å². The molecule has 2 amide bonds. The van der Waals surface area contributed by atoms with Crippen LogP contribution in [0, 0.1) is 17.8 Å². The summed E-state index contributed by atoms with van der Waals surface area (Å²) < 4.78 is 5.76. The summed E-state index contributed by atoms with van der Waals surface area (Å²) >= 11 is 1.03. The van der Waals surface area contributed by atoms with Gasteiger partial charge < -0.3 is 10.1 Å². The topological polar surface area (TPSA) is 84.8 Å². The maximum absolute atomic E-state index is 12.4. The van der Waals surface area contributed by atoms with Crippen molar-refractivity contribution in [2.45, 2.75) is 52.1 Å². The molecule has 0 spiro atoms. The van der Waals surface area contributed by atoms with E-state index >= 15 is 0 Å². The molecule has 2 aliphatic rings. The Balaban J connectivity index is 1.56. The first-order chi connectivity index (χ1) is 13.8. The fourth-order valence-electron chi connectivity index (χ4n) is 4.07. The Morgan fingerprint density at radius 2 is 1.97 bits per heavy atom. The zero-order valence-electron chi connectivity index (χ0n) is 17.1. The molecule has 4 atom stereocenters. The average molecular weight is 417 g/mol. The number of aliphatic imine (C=N–C) groups is 1. The number of amidine groups is 1. The number of nitrogens with one attached hydrogen (secondary N) is 1. The molecular weight excluding hydrogens is 388 g/mol. The fourth-order valence-corrected chi connectivity index (χ4v) is 4.72. The van der Waals surface area contributed by atoms with Gasteiger partial charge in [-0.25, -0.2) is 0 Å². The van der Waals surface area contributed by atoms with Gasteiger partial charge in [-0.05, 0) is 36.2 Å². The zero-order valence-corrected chi connectivity index (χ0v) is 17.9. The van der Waals surface area contributed by atoms with Crippen LogP contribution in [0.4, 0.5) is 0 Å². The van der Waals surface area contributed by atoms with E-state index in [2.05, 4.69) is 31.1 Å². The summed E-state index contributed by atoms with van der Waals surface area (Å²) in [7, 11) is 0. The first kappa shape index (κ1) is 21.6. The van der Waals surface area contributed by atoms with Gasteiger partial charge in [0, 0.05) is 0 Å². The van der Waals surface area contributed by atoms with Gasteiger partial charge in [0.05, 0.1) is 5.75 Å². The molecule has 1 aromatic carbocycles. The smallest absolute Gasteiger partial charge is 0.316 e. The van der Waals surface area contributed by atoms with Gasteiger partial charge in [0.2, 0.25) is 5.91 Å². The quantitative estimate of drug-likeness (QED) is 0.586. The van der Waals surface area contributed by atoms with E-state index in [4.69, 9.17) is 4.74 Å². The molecule has 0 saturated heterocycles. The van der Waals surface area contributed by atoms with Crippen LogP contribution in [0.3, 0.4) is 0 Å². The third-order valence-electron chi connectivity index (χ3n) is 5.65. The van der Waals surface area contributed by atoms with E-state index in [0.29, 0.717) is 23.3 Å². The molecule has 0 bridgehead atoms. The third kappa shape index (κ3) is 5.47. The van der Waals surface area contributed by atoms with Gasteiger partial charge in [-0.2, -0.15) is 4.99 Å². The molecular formula is C22H28N2O4S. The van der Waals surface area contributed by atoms with Gasteiger partial charge in [-0.3, -0.25) is 14.4 Å². The van der Waals surface area contributed by atoms with Gasteiger partial charge in [-0.1, -0.05) is 69.3 Å². The van der Waals surface area contributed by atoms with Crippen LogP contribution >= 0.6 is 11.8 Å². The predicted octanol–water partition coefficient (Wildman–Crippen LogP) is 3.52. The lowest BCUT2D eigenvalue weighted by Crippen LogP contribution is -2.42. The molecule has 0 unspecified atom stereocenters.